The summed E-state index contributed by atoms with van der Waals surface area (Å²) in [5.74, 6) is -0.288. The normalized spacial score (nSPS) is 12.3. The maximum absolute atomic E-state index is 11.3. The van der Waals surface area contributed by atoms with E-state index in [1.54, 1.807) is 24.3 Å². The Balaban J connectivity index is 2.51. The minimum absolute atomic E-state index is 0.288. The standard InChI is InChI=1S/C15H14NO4/c1-2-15(17)10-6-7-13-20-16(18,19)12-11-14-8-4-3-5-9-14/h2-13H,1H2/q-1. The number of carbonyl (C=O) groups excluding carboxylic acids is 1. The van der Waals surface area contributed by atoms with Gasteiger partial charge in [-0.1, -0.05) is 43.0 Å². The molecule has 0 fully saturated rings. The summed E-state index contributed by atoms with van der Waals surface area (Å²) in [6.45, 7) is 3.28. The van der Waals surface area contributed by atoms with E-state index in [9.17, 15) is 15.2 Å². The molecule has 20 heavy (non-hydrogen) atoms. The molecule has 0 unspecified atom stereocenters. The first-order valence-corrected chi connectivity index (χ1v) is 5.76. The van der Waals surface area contributed by atoms with Crippen molar-refractivity contribution in [3.63, 3.8) is 0 Å². The molecule has 0 spiro atoms. The molecule has 1 aromatic carbocycles. The van der Waals surface area contributed by atoms with Crippen molar-refractivity contribution in [3.8, 4) is 0 Å². The van der Waals surface area contributed by atoms with E-state index in [0.29, 0.717) is 5.56 Å². The number of allylic oxidation sites excluding steroid dienone is 4. The van der Waals surface area contributed by atoms with Crippen LogP contribution in [0.5, 0.6) is 0 Å². The minimum atomic E-state index is -2.26. The first-order valence-electron chi connectivity index (χ1n) is 5.76. The van der Waals surface area contributed by atoms with Crippen molar-refractivity contribution >= 4 is 11.9 Å². The van der Waals surface area contributed by atoms with E-state index >= 15 is 0 Å². The lowest BCUT2D eigenvalue weighted by Crippen LogP contribution is -2.26. The molecule has 5 nitrogen and oxygen atoms in total. The number of hydrogen-bond acceptors (Lipinski definition) is 4. The fourth-order valence-electron chi connectivity index (χ4n) is 1.16. The van der Waals surface area contributed by atoms with Gasteiger partial charge in [0.1, 0.15) is 6.20 Å². The van der Waals surface area contributed by atoms with Crippen LogP contribution in [0.1, 0.15) is 5.56 Å². The van der Waals surface area contributed by atoms with Crippen LogP contribution in [0, 0.1) is 10.4 Å². The summed E-state index contributed by atoms with van der Waals surface area (Å²) in [5, 5.41) is 22.7. The summed E-state index contributed by atoms with van der Waals surface area (Å²) in [5.41, 5.74) is 0.714. The molecule has 0 saturated heterocycles. The van der Waals surface area contributed by atoms with Crippen molar-refractivity contribution in [2.24, 2.45) is 0 Å². The van der Waals surface area contributed by atoms with Crippen molar-refractivity contribution in [3.05, 3.63) is 89.7 Å². The molecule has 104 valence electrons. The molecule has 1 aromatic rings. The molecule has 0 heterocycles. The maximum Gasteiger partial charge on any atom is 0.178 e. The summed E-state index contributed by atoms with van der Waals surface area (Å²) in [4.78, 5) is 13.0. The van der Waals surface area contributed by atoms with E-state index in [-0.39, 0.29) is 5.78 Å². The van der Waals surface area contributed by atoms with Crippen LogP contribution in [0.3, 0.4) is 0 Å². The monoisotopic (exact) mass is 272 g/mol. The summed E-state index contributed by atoms with van der Waals surface area (Å²) in [6, 6.07) is 8.88. The molecular weight excluding hydrogens is 258 g/mol. The van der Waals surface area contributed by atoms with Gasteiger partial charge >= 0.3 is 0 Å². The van der Waals surface area contributed by atoms with Gasteiger partial charge in [-0.15, -0.1) is 0 Å². The zero-order valence-electron chi connectivity index (χ0n) is 10.7. The molecule has 5 heteroatoms. The van der Waals surface area contributed by atoms with Gasteiger partial charge < -0.3 is 15.3 Å². The molecule has 0 N–H and O–H groups in total. The number of quaternary nitrogens is 1. The first kappa shape index (κ1) is 15.6. The van der Waals surface area contributed by atoms with Crippen LogP contribution in [0.15, 0.2) is 73.7 Å². The topological polar surface area (TPSA) is 72.4 Å². The Kier molecular flexibility index (Phi) is 6.12. The zero-order valence-corrected chi connectivity index (χ0v) is 10.7. The van der Waals surface area contributed by atoms with Crippen molar-refractivity contribution < 1.29 is 14.6 Å². The lowest BCUT2D eigenvalue weighted by Gasteiger charge is -2.37. The van der Waals surface area contributed by atoms with Gasteiger partial charge in [-0.25, -0.2) is 0 Å². The van der Waals surface area contributed by atoms with E-state index in [4.69, 9.17) is 0 Å². The molecule has 0 radical (unpaired) electrons. The summed E-state index contributed by atoms with van der Waals surface area (Å²) in [6.07, 6.45) is 8.06. The van der Waals surface area contributed by atoms with Crippen LogP contribution in [-0.4, -0.2) is 10.8 Å². The summed E-state index contributed by atoms with van der Waals surface area (Å²) < 4.78 is 0. The van der Waals surface area contributed by atoms with Crippen LogP contribution < -0.4 is 0 Å². The summed E-state index contributed by atoms with van der Waals surface area (Å²) in [7, 11) is 0. The van der Waals surface area contributed by atoms with E-state index in [2.05, 4.69) is 11.4 Å². The van der Waals surface area contributed by atoms with E-state index < -0.39 is 4.97 Å². The molecule has 0 atom stereocenters. The molecule has 0 aromatic heterocycles. The van der Waals surface area contributed by atoms with Gasteiger partial charge in [0.25, 0.3) is 0 Å². The van der Waals surface area contributed by atoms with Crippen LogP contribution in [0.2, 0.25) is 0 Å². The Labute approximate surface area is 117 Å². The fraction of sp³-hybridized carbons (Fsp3) is 0. The molecule has 0 saturated carbocycles. The van der Waals surface area contributed by atoms with Crippen molar-refractivity contribution in [1.29, 1.82) is 0 Å². The predicted molar refractivity (Wildman–Crippen MR) is 77.0 cm³/mol. The third kappa shape index (κ3) is 6.46. The molecule has 0 aliphatic rings. The number of ketones is 1. The van der Waals surface area contributed by atoms with Gasteiger partial charge in [0.2, 0.25) is 0 Å². The summed E-state index contributed by atoms with van der Waals surface area (Å²) >= 11 is 0. The lowest BCUT2D eigenvalue weighted by molar-refractivity contribution is -0.974. The second kappa shape index (κ2) is 7.85. The van der Waals surface area contributed by atoms with Gasteiger partial charge in [-0.3, -0.25) is 4.79 Å². The largest absolute Gasteiger partial charge is 0.583 e. The van der Waals surface area contributed by atoms with Gasteiger partial charge in [0.05, 0.1) is 0 Å². The van der Waals surface area contributed by atoms with Crippen LogP contribution in [0.4, 0.5) is 0 Å². The van der Waals surface area contributed by atoms with Crippen LogP contribution in [-0.2, 0) is 9.63 Å². The second-order valence-electron chi connectivity index (χ2n) is 3.67. The fourth-order valence-corrected chi connectivity index (χ4v) is 1.16. The lowest BCUT2D eigenvalue weighted by atomic mass is 10.2. The molecule has 0 aliphatic carbocycles. The maximum atomic E-state index is 11.3. The van der Waals surface area contributed by atoms with E-state index in [1.807, 2.05) is 6.07 Å². The molecule has 0 amide bonds. The number of rotatable bonds is 7. The smallest absolute Gasteiger partial charge is 0.178 e. The highest BCUT2D eigenvalue weighted by molar-refractivity contribution is 5.98. The predicted octanol–water partition coefficient (Wildman–Crippen LogP) is 3.23. The quantitative estimate of drug-likeness (QED) is 0.251. The first-order chi connectivity index (χ1) is 9.53. The van der Waals surface area contributed by atoms with Gasteiger partial charge in [-0.2, -0.15) is 4.97 Å². The average Bonchev–Trinajstić information content (AvgIpc) is 2.45. The van der Waals surface area contributed by atoms with Gasteiger partial charge in [-0.05, 0) is 23.8 Å². The number of hydrogen-bond donors (Lipinski definition) is 0. The third-order valence-electron chi connectivity index (χ3n) is 2.11. The van der Waals surface area contributed by atoms with Gasteiger partial charge in [0, 0.05) is 6.08 Å². The number of hydroxylamine groups is 3. The Hall–Kier alpha value is -2.47. The molecule has 1 rings (SSSR count). The van der Waals surface area contributed by atoms with E-state index in [0.717, 1.165) is 18.5 Å². The Bertz CT molecular complexity index is 530. The number of nitrogens with zero attached hydrogens (tertiary/aromatic N) is 1. The minimum Gasteiger partial charge on any atom is -0.583 e. The highest BCUT2D eigenvalue weighted by atomic mass is 17.1. The molecule has 0 aliphatic heterocycles. The number of benzene rings is 1. The Morgan fingerprint density at radius 1 is 1.20 bits per heavy atom. The SMILES string of the molecule is C=CC(=O)C=CC=CO[N+]([O-])([O-])C=Cc1ccccc1. The Morgan fingerprint density at radius 3 is 2.55 bits per heavy atom. The van der Waals surface area contributed by atoms with Crippen molar-refractivity contribution in [2.75, 3.05) is 0 Å². The van der Waals surface area contributed by atoms with E-state index in [1.165, 1.54) is 24.3 Å². The second-order valence-corrected chi connectivity index (χ2v) is 3.67. The Morgan fingerprint density at radius 2 is 1.90 bits per heavy atom. The highest BCUT2D eigenvalue weighted by Crippen LogP contribution is 2.09. The van der Waals surface area contributed by atoms with Gasteiger partial charge in [0.15, 0.2) is 12.0 Å². The van der Waals surface area contributed by atoms with Crippen LogP contribution in [0.25, 0.3) is 6.08 Å². The molecule has 0 bridgehead atoms. The third-order valence-corrected chi connectivity index (χ3v) is 2.11. The molecular formula is C15H14NO4-. The van der Waals surface area contributed by atoms with Crippen molar-refractivity contribution in [2.45, 2.75) is 0 Å². The highest BCUT2D eigenvalue weighted by Gasteiger charge is 1.98. The average molecular weight is 272 g/mol. The van der Waals surface area contributed by atoms with Crippen molar-refractivity contribution in [1.82, 2.24) is 0 Å². The van der Waals surface area contributed by atoms with Crippen LogP contribution >= 0.6 is 0 Å². The number of carbonyl (C=O) groups is 1. The zero-order chi connectivity index (χ0) is 14.8.